The Kier molecular flexibility index (Phi) is 5.90. The number of sulfonamides is 1. The van der Waals surface area contributed by atoms with E-state index >= 15 is 0 Å². The molecular formula is C25H37NO5SSi. The highest BCUT2D eigenvalue weighted by atomic mass is 32.2. The molecule has 4 atom stereocenters. The summed E-state index contributed by atoms with van der Waals surface area (Å²) in [7, 11) is -4.38. The maximum atomic E-state index is 13.0. The van der Waals surface area contributed by atoms with Gasteiger partial charge in [0.2, 0.25) is 18.3 Å². The van der Waals surface area contributed by atoms with E-state index in [9.17, 15) is 13.2 Å². The fourth-order valence-electron chi connectivity index (χ4n) is 6.97. The topological polar surface area (TPSA) is 72.9 Å². The Bertz CT molecular complexity index is 1050. The highest BCUT2D eigenvalue weighted by molar-refractivity contribution is 7.89. The molecule has 1 saturated heterocycles. The minimum absolute atomic E-state index is 0.0463. The molecule has 0 radical (unpaired) electrons. The maximum absolute atomic E-state index is 13.0. The average molecular weight is 492 g/mol. The average Bonchev–Trinajstić information content (AvgIpc) is 3.21. The molecule has 2 aliphatic carbocycles. The molecule has 0 aromatic heterocycles. The van der Waals surface area contributed by atoms with Crippen LogP contribution < -0.4 is 5.19 Å². The van der Waals surface area contributed by atoms with Crippen LogP contribution in [-0.4, -0.2) is 46.0 Å². The number of carbonyl (C=O) groups excluding carboxylic acids is 1. The van der Waals surface area contributed by atoms with Gasteiger partial charge in [0.15, 0.2) is 0 Å². The van der Waals surface area contributed by atoms with Crippen LogP contribution in [0.4, 0.5) is 4.79 Å². The lowest BCUT2D eigenvalue weighted by Crippen LogP contribution is -2.56. The van der Waals surface area contributed by atoms with Crippen molar-refractivity contribution in [1.82, 2.24) is 4.31 Å². The minimum atomic E-state index is -3.69. The third-order valence-electron chi connectivity index (χ3n) is 9.06. The van der Waals surface area contributed by atoms with E-state index in [1.807, 2.05) is 24.3 Å². The second kappa shape index (κ2) is 7.95. The van der Waals surface area contributed by atoms with Crippen LogP contribution in [-0.2, 0) is 19.2 Å². The van der Waals surface area contributed by atoms with E-state index in [0.29, 0.717) is 12.0 Å². The van der Waals surface area contributed by atoms with E-state index in [1.54, 1.807) is 7.11 Å². The Hall–Kier alpha value is -1.64. The van der Waals surface area contributed by atoms with Crippen LogP contribution in [0.3, 0.4) is 0 Å². The first-order valence-electron chi connectivity index (χ1n) is 11.8. The molecule has 8 heteroatoms. The molecule has 1 aliphatic heterocycles. The first-order chi connectivity index (χ1) is 15.3. The lowest BCUT2D eigenvalue weighted by atomic mass is 9.69. The van der Waals surface area contributed by atoms with Crippen LogP contribution >= 0.6 is 0 Å². The summed E-state index contributed by atoms with van der Waals surface area (Å²) in [6.07, 6.45) is 5.03. The third kappa shape index (κ3) is 3.51. The SMILES string of the molecule is CO[Si@@](C/C=C\OC(=O)N1[C@@H]2C[C@H]3CC[C@]2(CS1(=O)=O)C3(C)C)(c1ccccc1)C(C)(C)C. The largest absolute Gasteiger partial charge is 0.428 e. The van der Waals surface area contributed by atoms with E-state index in [2.05, 4.69) is 46.8 Å². The van der Waals surface area contributed by atoms with E-state index in [0.717, 1.165) is 23.6 Å². The van der Waals surface area contributed by atoms with Gasteiger partial charge < -0.3 is 9.16 Å². The molecule has 3 aliphatic rings. The molecule has 3 fully saturated rings. The first-order valence-corrected chi connectivity index (χ1v) is 15.5. The molecule has 182 valence electrons. The summed E-state index contributed by atoms with van der Waals surface area (Å²) in [6, 6.07) is 10.5. The van der Waals surface area contributed by atoms with Crippen molar-refractivity contribution in [2.24, 2.45) is 16.7 Å². The second-order valence-electron chi connectivity index (χ2n) is 11.5. The number of rotatable bonds is 5. The quantitative estimate of drug-likeness (QED) is 0.438. The molecule has 2 saturated carbocycles. The summed E-state index contributed by atoms with van der Waals surface area (Å²) in [4.78, 5) is 13.0. The predicted molar refractivity (Wildman–Crippen MR) is 132 cm³/mol. The van der Waals surface area contributed by atoms with Crippen molar-refractivity contribution < 1.29 is 22.4 Å². The second-order valence-corrected chi connectivity index (χ2v) is 17.9. The molecule has 2 bridgehead atoms. The van der Waals surface area contributed by atoms with Crippen molar-refractivity contribution in [2.75, 3.05) is 12.9 Å². The van der Waals surface area contributed by atoms with Gasteiger partial charge in [-0.2, -0.15) is 0 Å². The predicted octanol–water partition coefficient (Wildman–Crippen LogP) is 4.78. The van der Waals surface area contributed by atoms with Crippen molar-refractivity contribution in [3.8, 4) is 0 Å². The van der Waals surface area contributed by atoms with Gasteiger partial charge in [-0.1, -0.05) is 65.0 Å². The molecule has 6 nitrogen and oxygen atoms in total. The number of fused-ring (bicyclic) bond motifs is 1. The molecule has 0 N–H and O–H groups in total. The number of allylic oxidation sites excluding steroid dienone is 1. The lowest BCUT2D eigenvalue weighted by molar-refractivity contribution is 0.101. The zero-order valence-electron chi connectivity index (χ0n) is 20.6. The molecule has 1 aromatic rings. The van der Waals surface area contributed by atoms with Gasteiger partial charge in [-0.25, -0.2) is 17.5 Å². The Labute approximate surface area is 199 Å². The van der Waals surface area contributed by atoms with Crippen LogP contribution in [0.15, 0.2) is 42.7 Å². The number of amides is 1. The smallest absolute Gasteiger partial charge is 0.418 e. The number of benzene rings is 1. The normalized spacial score (nSPS) is 31.5. The third-order valence-corrected chi connectivity index (χ3v) is 16.1. The Morgan fingerprint density at radius 3 is 2.48 bits per heavy atom. The number of carbonyl (C=O) groups is 1. The minimum Gasteiger partial charge on any atom is -0.418 e. The van der Waals surface area contributed by atoms with E-state index in [-0.39, 0.29) is 27.7 Å². The number of ether oxygens (including phenoxy) is 1. The van der Waals surface area contributed by atoms with Gasteiger partial charge in [0.05, 0.1) is 18.1 Å². The van der Waals surface area contributed by atoms with Crippen molar-refractivity contribution in [3.63, 3.8) is 0 Å². The van der Waals surface area contributed by atoms with Gasteiger partial charge in [0.1, 0.15) is 0 Å². The molecule has 0 unspecified atom stereocenters. The van der Waals surface area contributed by atoms with E-state index in [4.69, 9.17) is 9.16 Å². The Balaban J connectivity index is 1.51. The van der Waals surface area contributed by atoms with Crippen LogP contribution in [0.25, 0.3) is 0 Å². The summed E-state index contributed by atoms with van der Waals surface area (Å²) >= 11 is 0. The summed E-state index contributed by atoms with van der Waals surface area (Å²) < 4.78 is 38.7. The summed E-state index contributed by atoms with van der Waals surface area (Å²) in [5.41, 5.74) is -0.432. The standard InChI is InChI=1S/C25H37NO5SSi/c1-23(2,3)33(30-6,20-11-8-7-9-12-20)16-10-15-31-22(27)26-21-17-19-13-14-25(21,24(19,4)5)18-32(26,28)29/h7-12,15,19,21H,13-14,16-18H2,1-6H3/b15-10-/t19-,21-,25-,33+/m1/s1. The van der Waals surface area contributed by atoms with Crippen molar-refractivity contribution in [3.05, 3.63) is 42.7 Å². The Morgan fingerprint density at radius 1 is 1.24 bits per heavy atom. The molecule has 33 heavy (non-hydrogen) atoms. The summed E-state index contributed by atoms with van der Waals surface area (Å²) in [6.45, 7) is 10.8. The van der Waals surface area contributed by atoms with Crippen LogP contribution in [0, 0.1) is 16.7 Å². The number of hydrogen-bond acceptors (Lipinski definition) is 5. The molecule has 1 spiro atoms. The monoisotopic (exact) mass is 491 g/mol. The molecule has 1 aromatic carbocycles. The summed E-state index contributed by atoms with van der Waals surface area (Å²) in [5.74, 6) is 0.500. The summed E-state index contributed by atoms with van der Waals surface area (Å²) in [5, 5.41) is 1.07. The zero-order valence-corrected chi connectivity index (χ0v) is 22.4. The van der Waals surface area contributed by atoms with E-state index in [1.165, 1.54) is 11.4 Å². The molecule has 1 amide bonds. The molecular weight excluding hydrogens is 454 g/mol. The van der Waals surface area contributed by atoms with Crippen molar-refractivity contribution >= 4 is 29.6 Å². The van der Waals surface area contributed by atoms with Gasteiger partial charge in [0.25, 0.3) is 0 Å². The number of hydrogen-bond donors (Lipinski definition) is 0. The van der Waals surface area contributed by atoms with Gasteiger partial charge in [-0.3, -0.25) is 0 Å². The molecule has 1 heterocycles. The fraction of sp³-hybridized carbons (Fsp3) is 0.640. The van der Waals surface area contributed by atoms with Gasteiger partial charge in [-0.05, 0) is 52.9 Å². The highest BCUT2D eigenvalue weighted by Crippen LogP contribution is 2.70. The number of nitrogens with zero attached hydrogens (tertiary/aromatic N) is 1. The van der Waals surface area contributed by atoms with Crippen molar-refractivity contribution in [1.29, 1.82) is 0 Å². The van der Waals surface area contributed by atoms with Crippen LogP contribution in [0.2, 0.25) is 11.1 Å². The van der Waals surface area contributed by atoms with E-state index < -0.39 is 24.4 Å². The first kappa shape index (κ1) is 24.5. The maximum Gasteiger partial charge on any atom is 0.428 e. The lowest BCUT2D eigenvalue weighted by Gasteiger charge is -2.41. The van der Waals surface area contributed by atoms with Gasteiger partial charge in [-0.15, -0.1) is 0 Å². The van der Waals surface area contributed by atoms with Crippen LogP contribution in [0.1, 0.15) is 53.9 Å². The highest BCUT2D eigenvalue weighted by Gasteiger charge is 2.72. The van der Waals surface area contributed by atoms with Gasteiger partial charge in [0, 0.05) is 12.5 Å². The molecule has 4 rings (SSSR count). The van der Waals surface area contributed by atoms with Gasteiger partial charge >= 0.3 is 6.09 Å². The zero-order chi connectivity index (χ0) is 24.3. The van der Waals surface area contributed by atoms with Crippen LogP contribution in [0.5, 0.6) is 0 Å². The Morgan fingerprint density at radius 2 is 1.91 bits per heavy atom. The van der Waals surface area contributed by atoms with Crippen molar-refractivity contribution in [2.45, 2.75) is 71.0 Å². The fourth-order valence-corrected chi connectivity index (χ4v) is 13.3.